The number of nitrogen functional groups attached to an aromatic ring is 1. The molecule has 17 heavy (non-hydrogen) atoms. The number of benzene rings is 1. The zero-order valence-electron chi connectivity index (χ0n) is 9.86. The minimum Gasteiger partial charge on any atom is -0.399 e. The van der Waals surface area contributed by atoms with Crippen LogP contribution in [0.5, 0.6) is 0 Å². The molecule has 0 radical (unpaired) electrons. The van der Waals surface area contributed by atoms with Gasteiger partial charge in [0.25, 0.3) is 0 Å². The van der Waals surface area contributed by atoms with Crippen molar-refractivity contribution < 1.29 is 0 Å². The van der Waals surface area contributed by atoms with E-state index in [9.17, 15) is 0 Å². The van der Waals surface area contributed by atoms with Crippen LogP contribution in [0.15, 0.2) is 30.5 Å². The van der Waals surface area contributed by atoms with Crippen molar-refractivity contribution in [1.82, 2.24) is 9.78 Å². The minimum absolute atomic E-state index is 0.731. The van der Waals surface area contributed by atoms with Gasteiger partial charge >= 0.3 is 0 Å². The number of halogens is 1. The molecule has 2 N–H and O–H groups in total. The standard InChI is InChI=1S/C13H16ClN3/c1-10-13(14)9-16-17(10)7-3-5-11-4-2-6-12(15)8-11/h2,4,6,8-9H,3,5,7,15H2,1H3. The highest BCUT2D eigenvalue weighted by atomic mass is 35.5. The fraction of sp³-hybridized carbons (Fsp3) is 0.308. The Balaban J connectivity index is 1.90. The van der Waals surface area contributed by atoms with E-state index in [0.29, 0.717) is 0 Å². The molecule has 0 bridgehead atoms. The summed E-state index contributed by atoms with van der Waals surface area (Å²) in [7, 11) is 0. The second-order valence-corrected chi connectivity index (χ2v) is 4.56. The second kappa shape index (κ2) is 5.23. The van der Waals surface area contributed by atoms with Crippen molar-refractivity contribution in [3.05, 3.63) is 46.7 Å². The molecule has 0 amide bonds. The summed E-state index contributed by atoms with van der Waals surface area (Å²) in [6.07, 6.45) is 3.72. The van der Waals surface area contributed by atoms with Gasteiger partial charge in [0, 0.05) is 12.2 Å². The number of nitrogens with zero attached hydrogens (tertiary/aromatic N) is 2. The molecule has 1 heterocycles. The normalized spacial score (nSPS) is 10.7. The van der Waals surface area contributed by atoms with Crippen LogP contribution in [0.4, 0.5) is 5.69 Å². The molecule has 0 atom stereocenters. The minimum atomic E-state index is 0.731. The van der Waals surface area contributed by atoms with E-state index >= 15 is 0 Å². The third-order valence-electron chi connectivity index (χ3n) is 2.83. The lowest BCUT2D eigenvalue weighted by Gasteiger charge is -2.05. The molecular formula is C13H16ClN3. The molecule has 1 aromatic carbocycles. The number of anilines is 1. The highest BCUT2D eigenvalue weighted by molar-refractivity contribution is 6.31. The fourth-order valence-corrected chi connectivity index (χ4v) is 1.97. The quantitative estimate of drug-likeness (QED) is 0.847. The first-order valence-corrected chi connectivity index (χ1v) is 6.07. The Morgan fingerprint density at radius 2 is 2.24 bits per heavy atom. The Hall–Kier alpha value is -1.48. The van der Waals surface area contributed by atoms with Crippen LogP contribution in [0.25, 0.3) is 0 Å². The second-order valence-electron chi connectivity index (χ2n) is 4.15. The monoisotopic (exact) mass is 249 g/mol. The van der Waals surface area contributed by atoms with Crippen LogP contribution in [0, 0.1) is 6.92 Å². The van der Waals surface area contributed by atoms with E-state index in [1.54, 1.807) is 6.20 Å². The van der Waals surface area contributed by atoms with E-state index in [1.165, 1.54) is 5.56 Å². The molecule has 4 heteroatoms. The predicted octanol–water partition coefficient (Wildman–Crippen LogP) is 3.06. The van der Waals surface area contributed by atoms with Crippen LogP contribution in [-0.4, -0.2) is 9.78 Å². The summed E-state index contributed by atoms with van der Waals surface area (Å²) < 4.78 is 1.94. The van der Waals surface area contributed by atoms with Crippen molar-refractivity contribution in [2.75, 3.05) is 5.73 Å². The third kappa shape index (κ3) is 3.01. The van der Waals surface area contributed by atoms with Crippen molar-refractivity contribution in [1.29, 1.82) is 0 Å². The predicted molar refractivity (Wildman–Crippen MR) is 71.1 cm³/mol. The molecule has 0 saturated carbocycles. The van der Waals surface area contributed by atoms with Gasteiger partial charge in [-0.05, 0) is 37.5 Å². The Morgan fingerprint density at radius 3 is 2.88 bits per heavy atom. The van der Waals surface area contributed by atoms with Gasteiger partial charge in [-0.1, -0.05) is 23.7 Å². The van der Waals surface area contributed by atoms with Gasteiger partial charge < -0.3 is 5.73 Å². The van der Waals surface area contributed by atoms with E-state index < -0.39 is 0 Å². The average Bonchev–Trinajstić information content (AvgIpc) is 2.61. The van der Waals surface area contributed by atoms with Crippen LogP contribution in [0.2, 0.25) is 5.02 Å². The molecule has 0 unspecified atom stereocenters. The Morgan fingerprint density at radius 1 is 1.41 bits per heavy atom. The molecule has 0 saturated heterocycles. The van der Waals surface area contributed by atoms with Gasteiger partial charge in [0.15, 0.2) is 0 Å². The number of nitrogens with two attached hydrogens (primary N) is 1. The smallest absolute Gasteiger partial charge is 0.0814 e. The van der Waals surface area contributed by atoms with Gasteiger partial charge in [0.1, 0.15) is 0 Å². The van der Waals surface area contributed by atoms with Gasteiger partial charge in [-0.25, -0.2) is 0 Å². The Labute approximate surface area is 106 Å². The van der Waals surface area contributed by atoms with Crippen molar-refractivity contribution >= 4 is 17.3 Å². The van der Waals surface area contributed by atoms with Gasteiger partial charge in [-0.2, -0.15) is 5.10 Å². The third-order valence-corrected chi connectivity index (χ3v) is 3.20. The largest absolute Gasteiger partial charge is 0.399 e. The lowest BCUT2D eigenvalue weighted by molar-refractivity contribution is 0.565. The number of hydrogen-bond donors (Lipinski definition) is 1. The number of aromatic nitrogens is 2. The molecule has 2 aromatic rings. The topological polar surface area (TPSA) is 43.8 Å². The van der Waals surface area contributed by atoms with E-state index in [0.717, 1.165) is 35.8 Å². The fourth-order valence-electron chi connectivity index (χ4n) is 1.83. The summed E-state index contributed by atoms with van der Waals surface area (Å²) in [4.78, 5) is 0. The SMILES string of the molecule is Cc1c(Cl)cnn1CCCc1cccc(N)c1. The first-order chi connectivity index (χ1) is 8.16. The van der Waals surface area contributed by atoms with E-state index in [-0.39, 0.29) is 0 Å². The van der Waals surface area contributed by atoms with Gasteiger partial charge in [0.2, 0.25) is 0 Å². The molecule has 1 aromatic heterocycles. The highest BCUT2D eigenvalue weighted by Gasteiger charge is 2.03. The van der Waals surface area contributed by atoms with E-state index in [1.807, 2.05) is 29.8 Å². The summed E-state index contributed by atoms with van der Waals surface area (Å²) in [6.45, 7) is 2.86. The van der Waals surface area contributed by atoms with Crippen molar-refractivity contribution in [3.63, 3.8) is 0 Å². The van der Waals surface area contributed by atoms with Crippen molar-refractivity contribution in [2.24, 2.45) is 0 Å². The first kappa shape index (κ1) is 12.0. The number of aryl methyl sites for hydroxylation is 2. The van der Waals surface area contributed by atoms with E-state index in [4.69, 9.17) is 17.3 Å². The molecule has 0 aliphatic heterocycles. The number of hydrogen-bond acceptors (Lipinski definition) is 2. The zero-order valence-corrected chi connectivity index (χ0v) is 10.6. The summed E-state index contributed by atoms with van der Waals surface area (Å²) >= 11 is 5.95. The zero-order chi connectivity index (χ0) is 12.3. The average molecular weight is 250 g/mol. The van der Waals surface area contributed by atoms with Gasteiger partial charge in [-0.3, -0.25) is 4.68 Å². The molecular weight excluding hydrogens is 234 g/mol. The first-order valence-electron chi connectivity index (χ1n) is 5.69. The maximum Gasteiger partial charge on any atom is 0.0814 e. The summed E-state index contributed by atoms with van der Waals surface area (Å²) in [5.41, 5.74) is 8.85. The van der Waals surface area contributed by atoms with Crippen molar-refractivity contribution in [2.45, 2.75) is 26.3 Å². The molecule has 0 fully saturated rings. The molecule has 0 spiro atoms. The molecule has 0 aliphatic rings. The van der Waals surface area contributed by atoms with Crippen LogP contribution in [0.1, 0.15) is 17.7 Å². The maximum absolute atomic E-state index is 5.95. The summed E-state index contributed by atoms with van der Waals surface area (Å²) in [5.74, 6) is 0. The van der Waals surface area contributed by atoms with Crippen LogP contribution in [-0.2, 0) is 13.0 Å². The van der Waals surface area contributed by atoms with Gasteiger partial charge in [-0.15, -0.1) is 0 Å². The Kier molecular flexibility index (Phi) is 3.69. The highest BCUT2D eigenvalue weighted by Crippen LogP contribution is 2.14. The maximum atomic E-state index is 5.95. The lowest BCUT2D eigenvalue weighted by Crippen LogP contribution is -2.03. The van der Waals surface area contributed by atoms with Crippen LogP contribution in [0.3, 0.4) is 0 Å². The van der Waals surface area contributed by atoms with Crippen molar-refractivity contribution in [3.8, 4) is 0 Å². The van der Waals surface area contributed by atoms with Crippen LogP contribution >= 0.6 is 11.6 Å². The summed E-state index contributed by atoms with van der Waals surface area (Å²) in [5, 5.41) is 4.95. The Bertz CT molecular complexity index is 505. The van der Waals surface area contributed by atoms with E-state index in [2.05, 4.69) is 11.2 Å². The van der Waals surface area contributed by atoms with Crippen LogP contribution < -0.4 is 5.73 Å². The van der Waals surface area contributed by atoms with Gasteiger partial charge in [0.05, 0.1) is 16.9 Å². The molecule has 2 rings (SSSR count). The molecule has 0 aliphatic carbocycles. The molecule has 90 valence electrons. The molecule has 3 nitrogen and oxygen atoms in total. The summed E-state index contributed by atoms with van der Waals surface area (Å²) in [6, 6.07) is 8.00. The lowest BCUT2D eigenvalue weighted by atomic mass is 10.1. The number of rotatable bonds is 4.